The number of hydrogen-bond acceptors (Lipinski definition) is 2. The molecule has 3 saturated carbocycles. The van der Waals surface area contributed by atoms with Gasteiger partial charge in [-0.1, -0.05) is 53.2 Å². The molecule has 2 N–H and O–H groups in total. The van der Waals surface area contributed by atoms with E-state index in [4.69, 9.17) is 0 Å². The first kappa shape index (κ1) is 23.8. The second kappa shape index (κ2) is 8.46. The molecule has 4 rings (SSSR count). The largest absolute Gasteiger partial charge is 0.393 e. The first-order valence-electron chi connectivity index (χ1n) is 13.6. The summed E-state index contributed by atoms with van der Waals surface area (Å²) in [5.74, 6) is 4.19. The molecular formula is C29H50O2. The van der Waals surface area contributed by atoms with Crippen LogP contribution in [0.3, 0.4) is 0 Å². The van der Waals surface area contributed by atoms with Crippen molar-refractivity contribution in [1.82, 2.24) is 0 Å². The average Bonchev–Trinajstić information content (AvgIpc) is 3.09. The average molecular weight is 431 g/mol. The first-order chi connectivity index (χ1) is 14.5. The van der Waals surface area contributed by atoms with Gasteiger partial charge in [0.1, 0.15) is 0 Å². The summed E-state index contributed by atoms with van der Waals surface area (Å²) in [5.41, 5.74) is 2.16. The zero-order chi connectivity index (χ0) is 22.6. The van der Waals surface area contributed by atoms with Crippen molar-refractivity contribution < 1.29 is 10.2 Å². The standard InChI is InChI=1S/C29H50O2/c1-7-29(31)17-16-27(5)21(18-29)9-10-22-24-12-11-23(28(24,6)15-14-25(22)27)20(4)8-13-26(30)19(2)3/h14,19-24,26,30-31H,7-13,15-18H2,1-6H3/t20-,21+,22+,23-,24+,26-,27?,28-,29+/m1/s1. The highest BCUT2D eigenvalue weighted by molar-refractivity contribution is 5.29. The van der Waals surface area contributed by atoms with Crippen LogP contribution >= 0.6 is 0 Å². The maximum atomic E-state index is 11.0. The van der Waals surface area contributed by atoms with Gasteiger partial charge in [0, 0.05) is 0 Å². The number of aliphatic hydroxyl groups excluding tert-OH is 1. The van der Waals surface area contributed by atoms with Gasteiger partial charge in [-0.2, -0.15) is 0 Å². The summed E-state index contributed by atoms with van der Waals surface area (Å²) in [5, 5.41) is 21.3. The van der Waals surface area contributed by atoms with Crippen LogP contribution in [0.5, 0.6) is 0 Å². The molecule has 2 nitrogen and oxygen atoms in total. The molecule has 0 aromatic heterocycles. The van der Waals surface area contributed by atoms with Crippen LogP contribution in [0.25, 0.3) is 0 Å². The molecule has 9 atom stereocenters. The van der Waals surface area contributed by atoms with Gasteiger partial charge < -0.3 is 10.2 Å². The number of hydrogen-bond donors (Lipinski definition) is 2. The smallest absolute Gasteiger partial charge is 0.0648 e. The zero-order valence-electron chi connectivity index (χ0n) is 21.3. The fourth-order valence-electron chi connectivity index (χ4n) is 8.86. The predicted molar refractivity (Wildman–Crippen MR) is 130 cm³/mol. The second-order valence-corrected chi connectivity index (χ2v) is 13.1. The van der Waals surface area contributed by atoms with Gasteiger partial charge >= 0.3 is 0 Å². The molecule has 0 spiro atoms. The summed E-state index contributed by atoms with van der Waals surface area (Å²) in [7, 11) is 0. The Hall–Kier alpha value is -0.340. The van der Waals surface area contributed by atoms with Gasteiger partial charge in [-0.15, -0.1) is 0 Å². The van der Waals surface area contributed by atoms with E-state index in [1.807, 2.05) is 0 Å². The molecule has 0 aromatic rings. The van der Waals surface area contributed by atoms with E-state index in [-0.39, 0.29) is 6.10 Å². The zero-order valence-corrected chi connectivity index (χ0v) is 21.3. The molecule has 31 heavy (non-hydrogen) atoms. The van der Waals surface area contributed by atoms with Gasteiger partial charge in [-0.3, -0.25) is 0 Å². The molecule has 4 aliphatic carbocycles. The lowest BCUT2D eigenvalue weighted by Crippen LogP contribution is -2.51. The molecule has 0 bridgehead atoms. The van der Waals surface area contributed by atoms with E-state index in [9.17, 15) is 10.2 Å². The van der Waals surface area contributed by atoms with Gasteiger partial charge in [0.15, 0.2) is 0 Å². The van der Waals surface area contributed by atoms with Crippen LogP contribution in [0.2, 0.25) is 0 Å². The molecule has 0 aromatic carbocycles. The Labute approximate surface area is 192 Å². The van der Waals surface area contributed by atoms with Gasteiger partial charge in [0.05, 0.1) is 11.7 Å². The fourth-order valence-corrected chi connectivity index (χ4v) is 8.86. The lowest BCUT2D eigenvalue weighted by Gasteiger charge is -2.58. The maximum Gasteiger partial charge on any atom is 0.0648 e. The van der Waals surface area contributed by atoms with Gasteiger partial charge in [-0.25, -0.2) is 0 Å². The Morgan fingerprint density at radius 3 is 2.45 bits per heavy atom. The van der Waals surface area contributed by atoms with Crippen molar-refractivity contribution in [3.63, 3.8) is 0 Å². The number of aliphatic hydroxyl groups is 2. The van der Waals surface area contributed by atoms with Crippen molar-refractivity contribution in [2.24, 2.45) is 46.3 Å². The summed E-state index contributed by atoms with van der Waals surface area (Å²) in [6.07, 6.45) is 15.5. The monoisotopic (exact) mass is 430 g/mol. The van der Waals surface area contributed by atoms with E-state index in [1.54, 1.807) is 5.57 Å². The van der Waals surface area contributed by atoms with Crippen molar-refractivity contribution in [3.8, 4) is 0 Å². The van der Waals surface area contributed by atoms with Crippen LogP contribution in [-0.4, -0.2) is 21.9 Å². The number of fused-ring (bicyclic) bond motifs is 5. The molecule has 0 saturated heterocycles. The Bertz CT molecular complexity index is 682. The third-order valence-electron chi connectivity index (χ3n) is 11.3. The highest BCUT2D eigenvalue weighted by atomic mass is 16.3. The molecule has 0 heterocycles. The first-order valence-corrected chi connectivity index (χ1v) is 13.6. The van der Waals surface area contributed by atoms with Crippen molar-refractivity contribution in [2.45, 2.75) is 124 Å². The predicted octanol–water partition coefficient (Wildman–Crippen LogP) is 7.14. The van der Waals surface area contributed by atoms with Crippen molar-refractivity contribution in [2.75, 3.05) is 0 Å². The molecule has 178 valence electrons. The highest BCUT2D eigenvalue weighted by Crippen LogP contribution is 2.67. The molecule has 0 amide bonds. The van der Waals surface area contributed by atoms with Gasteiger partial charge in [0.2, 0.25) is 0 Å². The van der Waals surface area contributed by atoms with Crippen molar-refractivity contribution in [1.29, 1.82) is 0 Å². The topological polar surface area (TPSA) is 40.5 Å². The van der Waals surface area contributed by atoms with E-state index >= 15 is 0 Å². The second-order valence-electron chi connectivity index (χ2n) is 13.1. The summed E-state index contributed by atoms with van der Waals surface area (Å²) in [6, 6.07) is 0. The van der Waals surface area contributed by atoms with Gasteiger partial charge in [0.25, 0.3) is 0 Å². The third-order valence-corrected chi connectivity index (χ3v) is 11.3. The lowest BCUT2D eigenvalue weighted by molar-refractivity contribution is -0.0771. The third kappa shape index (κ3) is 3.96. The van der Waals surface area contributed by atoms with E-state index in [0.717, 1.165) is 43.4 Å². The van der Waals surface area contributed by atoms with Crippen LogP contribution in [-0.2, 0) is 0 Å². The minimum Gasteiger partial charge on any atom is -0.393 e. The summed E-state index contributed by atoms with van der Waals surface area (Å²) < 4.78 is 0. The Morgan fingerprint density at radius 2 is 1.77 bits per heavy atom. The van der Waals surface area contributed by atoms with E-state index in [1.165, 1.54) is 44.9 Å². The normalized spacial score (nSPS) is 46.7. The molecular weight excluding hydrogens is 380 g/mol. The van der Waals surface area contributed by atoms with Gasteiger partial charge in [-0.05, 0) is 117 Å². The van der Waals surface area contributed by atoms with Crippen LogP contribution in [0.15, 0.2) is 11.6 Å². The molecule has 4 aliphatic rings. The van der Waals surface area contributed by atoms with E-state index < -0.39 is 5.60 Å². The Balaban J connectivity index is 1.51. The number of rotatable bonds is 6. The van der Waals surface area contributed by atoms with E-state index in [0.29, 0.717) is 28.6 Å². The Morgan fingerprint density at radius 1 is 1.03 bits per heavy atom. The molecule has 0 radical (unpaired) electrons. The van der Waals surface area contributed by atoms with Crippen molar-refractivity contribution in [3.05, 3.63) is 11.6 Å². The summed E-state index contributed by atoms with van der Waals surface area (Å²) >= 11 is 0. The molecule has 2 heteroatoms. The quantitative estimate of drug-likeness (QED) is 0.440. The van der Waals surface area contributed by atoms with E-state index in [2.05, 4.69) is 47.6 Å². The van der Waals surface area contributed by atoms with Crippen LogP contribution in [0.1, 0.15) is 112 Å². The minimum atomic E-state index is -0.408. The SMILES string of the molecule is CC[C@]1(O)CCC2(C)C3=CC[C@]4(C)[C@@H]([C@H](C)CC[C@@H](O)C(C)C)CC[C@H]4[C@@H]3CC[C@H]2C1. The lowest BCUT2D eigenvalue weighted by atomic mass is 9.47. The maximum absolute atomic E-state index is 11.0. The summed E-state index contributed by atoms with van der Waals surface area (Å²) in [4.78, 5) is 0. The van der Waals surface area contributed by atoms with Crippen LogP contribution < -0.4 is 0 Å². The molecule has 0 aliphatic heterocycles. The minimum absolute atomic E-state index is 0.145. The molecule has 1 unspecified atom stereocenters. The van der Waals surface area contributed by atoms with Crippen LogP contribution in [0, 0.1) is 46.3 Å². The van der Waals surface area contributed by atoms with Crippen LogP contribution in [0.4, 0.5) is 0 Å². The van der Waals surface area contributed by atoms with Crippen molar-refractivity contribution >= 4 is 0 Å². The fraction of sp³-hybridized carbons (Fsp3) is 0.931. The Kier molecular flexibility index (Phi) is 6.50. The molecule has 3 fully saturated rings. The summed E-state index contributed by atoms with van der Waals surface area (Å²) in [6.45, 7) is 14.1. The highest BCUT2D eigenvalue weighted by Gasteiger charge is 2.58. The number of allylic oxidation sites excluding steroid dienone is 2.